The summed E-state index contributed by atoms with van der Waals surface area (Å²) >= 11 is 1.84. The van der Waals surface area contributed by atoms with Gasteiger partial charge >= 0.3 is 0 Å². The number of anilines is 1. The molecule has 1 rings (SSSR count). The van der Waals surface area contributed by atoms with Gasteiger partial charge in [-0.25, -0.2) is 13.8 Å². The van der Waals surface area contributed by atoms with Gasteiger partial charge in [-0.1, -0.05) is 0 Å². The van der Waals surface area contributed by atoms with Crippen LogP contribution >= 0.6 is 22.6 Å². The number of nitrogens with zero attached hydrogens (tertiary/aromatic N) is 1. The first kappa shape index (κ1) is 10.4. The van der Waals surface area contributed by atoms with Crippen LogP contribution < -0.4 is 10.5 Å². The van der Waals surface area contributed by atoms with E-state index in [1.54, 1.807) is 0 Å². The van der Waals surface area contributed by atoms with E-state index >= 15 is 0 Å². The molecule has 0 unspecified atom stereocenters. The third-order valence-electron chi connectivity index (χ3n) is 1.44. The van der Waals surface area contributed by atoms with Crippen molar-refractivity contribution in [2.24, 2.45) is 0 Å². The Labute approximate surface area is 87.4 Å². The number of hydrogen-bond acceptors (Lipinski definition) is 3. The molecule has 0 aliphatic heterocycles. The number of ether oxygens (including phenoxy) is 1. The van der Waals surface area contributed by atoms with Crippen molar-refractivity contribution in [3.05, 3.63) is 15.5 Å². The molecule has 0 saturated carbocycles. The SMILES string of the molecule is COc1c(C(F)F)ncc(N)c1I. The van der Waals surface area contributed by atoms with E-state index in [1.807, 2.05) is 22.6 Å². The summed E-state index contributed by atoms with van der Waals surface area (Å²) in [7, 11) is 1.31. The van der Waals surface area contributed by atoms with E-state index in [-0.39, 0.29) is 11.4 Å². The quantitative estimate of drug-likeness (QED) is 0.852. The Morgan fingerprint density at radius 3 is 2.69 bits per heavy atom. The highest BCUT2D eigenvalue weighted by atomic mass is 127. The Kier molecular flexibility index (Phi) is 3.23. The molecule has 1 aromatic heterocycles. The number of methoxy groups -OCH3 is 1. The average molecular weight is 300 g/mol. The van der Waals surface area contributed by atoms with E-state index in [2.05, 4.69) is 4.98 Å². The van der Waals surface area contributed by atoms with Crippen molar-refractivity contribution in [2.45, 2.75) is 6.43 Å². The van der Waals surface area contributed by atoms with E-state index in [9.17, 15) is 8.78 Å². The van der Waals surface area contributed by atoms with Crippen LogP contribution in [-0.4, -0.2) is 12.1 Å². The number of rotatable bonds is 2. The summed E-state index contributed by atoms with van der Waals surface area (Å²) in [6.45, 7) is 0. The van der Waals surface area contributed by atoms with Gasteiger partial charge in [-0.15, -0.1) is 0 Å². The van der Waals surface area contributed by atoms with Gasteiger partial charge in [0.15, 0.2) is 5.75 Å². The average Bonchev–Trinajstić information content (AvgIpc) is 2.09. The summed E-state index contributed by atoms with van der Waals surface area (Å²) < 4.78 is 29.9. The van der Waals surface area contributed by atoms with Gasteiger partial charge in [-0.2, -0.15) is 0 Å². The predicted octanol–water partition coefficient (Wildman–Crippen LogP) is 2.21. The second kappa shape index (κ2) is 4.03. The molecule has 2 N–H and O–H groups in total. The predicted molar refractivity (Wildman–Crippen MR) is 52.9 cm³/mol. The fourth-order valence-corrected chi connectivity index (χ4v) is 1.48. The molecule has 0 amide bonds. The van der Waals surface area contributed by atoms with Gasteiger partial charge in [0.05, 0.1) is 22.6 Å². The first-order chi connectivity index (χ1) is 6.07. The maximum absolute atomic E-state index is 12.3. The standard InChI is InChI=1S/C7H7F2IN2O/c1-13-6-4(10)3(11)2-12-5(6)7(8)9/h2,7H,11H2,1H3. The number of halogens is 3. The molecule has 0 bridgehead atoms. The second-order valence-electron chi connectivity index (χ2n) is 2.25. The molecule has 0 radical (unpaired) electrons. The van der Waals surface area contributed by atoms with Crippen LogP contribution in [0.5, 0.6) is 5.75 Å². The van der Waals surface area contributed by atoms with Gasteiger partial charge in [0.25, 0.3) is 6.43 Å². The minimum absolute atomic E-state index is 0.0515. The van der Waals surface area contributed by atoms with Crippen molar-refractivity contribution in [1.29, 1.82) is 0 Å². The van der Waals surface area contributed by atoms with Crippen LogP contribution in [0, 0.1) is 3.57 Å². The summed E-state index contributed by atoms with van der Waals surface area (Å²) in [5, 5.41) is 0. The molecule has 13 heavy (non-hydrogen) atoms. The normalized spacial score (nSPS) is 10.5. The van der Waals surface area contributed by atoms with E-state index in [0.717, 1.165) is 0 Å². The molecule has 1 heterocycles. The van der Waals surface area contributed by atoms with E-state index in [1.165, 1.54) is 13.3 Å². The fraction of sp³-hybridized carbons (Fsp3) is 0.286. The van der Waals surface area contributed by atoms with Crippen LogP contribution in [0.25, 0.3) is 0 Å². The number of nitrogens with two attached hydrogens (primary N) is 1. The van der Waals surface area contributed by atoms with Gasteiger partial charge in [0.2, 0.25) is 0 Å². The monoisotopic (exact) mass is 300 g/mol. The fourth-order valence-electron chi connectivity index (χ4n) is 0.848. The van der Waals surface area contributed by atoms with Crippen LogP contribution in [0.15, 0.2) is 6.20 Å². The zero-order valence-electron chi connectivity index (χ0n) is 6.72. The number of hydrogen-bond donors (Lipinski definition) is 1. The van der Waals surface area contributed by atoms with Crippen LogP contribution in [0.4, 0.5) is 14.5 Å². The van der Waals surface area contributed by atoms with Crippen molar-refractivity contribution in [3.63, 3.8) is 0 Å². The summed E-state index contributed by atoms with van der Waals surface area (Å²) in [6, 6.07) is 0. The second-order valence-corrected chi connectivity index (χ2v) is 3.33. The van der Waals surface area contributed by atoms with Crippen LogP contribution in [0.2, 0.25) is 0 Å². The van der Waals surface area contributed by atoms with Gasteiger partial charge in [-0.3, -0.25) is 0 Å². The molecule has 72 valence electrons. The molecular formula is C7H7F2IN2O. The lowest BCUT2D eigenvalue weighted by molar-refractivity contribution is 0.141. The summed E-state index contributed by atoms with van der Waals surface area (Å²) in [4.78, 5) is 3.50. The third kappa shape index (κ3) is 1.98. The highest BCUT2D eigenvalue weighted by Gasteiger charge is 2.19. The lowest BCUT2D eigenvalue weighted by atomic mass is 10.3. The minimum Gasteiger partial charge on any atom is -0.493 e. The van der Waals surface area contributed by atoms with Crippen molar-refractivity contribution in [2.75, 3.05) is 12.8 Å². The highest BCUT2D eigenvalue weighted by molar-refractivity contribution is 14.1. The van der Waals surface area contributed by atoms with Crippen molar-refractivity contribution >= 4 is 28.3 Å². The van der Waals surface area contributed by atoms with Gasteiger partial charge in [0.1, 0.15) is 5.69 Å². The van der Waals surface area contributed by atoms with Gasteiger partial charge in [-0.05, 0) is 22.6 Å². The van der Waals surface area contributed by atoms with E-state index < -0.39 is 6.43 Å². The number of pyridine rings is 1. The lowest BCUT2D eigenvalue weighted by Gasteiger charge is -2.09. The highest BCUT2D eigenvalue weighted by Crippen LogP contribution is 2.33. The Balaban J connectivity index is 3.30. The van der Waals surface area contributed by atoms with Crippen LogP contribution in [0.3, 0.4) is 0 Å². The Bertz CT molecular complexity index is 320. The summed E-state index contributed by atoms with van der Waals surface area (Å²) in [6.07, 6.45) is -1.45. The summed E-state index contributed by atoms with van der Waals surface area (Å²) in [5.41, 5.74) is 5.43. The molecule has 0 saturated heterocycles. The molecule has 0 spiro atoms. The van der Waals surface area contributed by atoms with Gasteiger partial charge in [0, 0.05) is 0 Å². The number of alkyl halides is 2. The van der Waals surface area contributed by atoms with Crippen molar-refractivity contribution in [3.8, 4) is 5.75 Å². The topological polar surface area (TPSA) is 48.1 Å². The number of aromatic nitrogens is 1. The van der Waals surface area contributed by atoms with Crippen molar-refractivity contribution in [1.82, 2.24) is 4.98 Å². The number of nitrogen functional groups attached to an aromatic ring is 1. The molecular weight excluding hydrogens is 293 g/mol. The Hall–Kier alpha value is -0.660. The van der Waals surface area contributed by atoms with Gasteiger partial charge < -0.3 is 10.5 Å². The molecule has 0 aromatic carbocycles. The minimum atomic E-state index is -2.65. The van der Waals surface area contributed by atoms with Crippen molar-refractivity contribution < 1.29 is 13.5 Å². The zero-order valence-corrected chi connectivity index (χ0v) is 8.88. The molecule has 1 aromatic rings. The molecule has 0 aliphatic carbocycles. The van der Waals surface area contributed by atoms with Crippen LogP contribution in [0.1, 0.15) is 12.1 Å². The largest absolute Gasteiger partial charge is 0.493 e. The molecule has 3 nitrogen and oxygen atoms in total. The first-order valence-corrected chi connectivity index (χ1v) is 4.41. The molecule has 6 heteroatoms. The van der Waals surface area contributed by atoms with Crippen LogP contribution in [-0.2, 0) is 0 Å². The maximum atomic E-state index is 12.3. The molecule has 0 fully saturated rings. The zero-order chi connectivity index (χ0) is 10.0. The third-order valence-corrected chi connectivity index (χ3v) is 2.55. The van der Waals surface area contributed by atoms with E-state index in [4.69, 9.17) is 10.5 Å². The Morgan fingerprint density at radius 1 is 1.62 bits per heavy atom. The maximum Gasteiger partial charge on any atom is 0.284 e. The molecule has 0 atom stereocenters. The van der Waals surface area contributed by atoms with E-state index in [0.29, 0.717) is 9.26 Å². The summed E-state index contributed by atoms with van der Waals surface area (Å²) in [5.74, 6) is 0.0515. The first-order valence-electron chi connectivity index (χ1n) is 3.34. The Morgan fingerprint density at radius 2 is 2.23 bits per heavy atom. The smallest absolute Gasteiger partial charge is 0.284 e. The molecule has 0 aliphatic rings. The lowest BCUT2D eigenvalue weighted by Crippen LogP contribution is -2.02.